The molecule has 0 unspecified atom stereocenters. The van der Waals surface area contributed by atoms with E-state index in [-0.39, 0.29) is 0 Å². The molecule has 7 nitrogen and oxygen atoms in total. The first kappa shape index (κ1) is 26.4. The van der Waals surface area contributed by atoms with E-state index in [0.717, 1.165) is 52.1 Å². The third-order valence-electron chi connectivity index (χ3n) is 4.89. The van der Waals surface area contributed by atoms with Gasteiger partial charge in [0.15, 0.2) is 5.65 Å². The number of benzene rings is 1. The summed E-state index contributed by atoms with van der Waals surface area (Å²) in [5.74, 6) is 0.913. The molecule has 3 heterocycles. The zero-order chi connectivity index (χ0) is 24.8. The van der Waals surface area contributed by atoms with Crippen LogP contribution in [0, 0.1) is 0 Å². The molecule has 0 amide bonds. The smallest absolute Gasteiger partial charge is 0.179 e. The van der Waals surface area contributed by atoms with Gasteiger partial charge < -0.3 is 20.5 Å². The highest BCUT2D eigenvalue weighted by atomic mass is 16.3. The van der Waals surface area contributed by atoms with Crippen LogP contribution in [0.5, 0.6) is 0 Å². The van der Waals surface area contributed by atoms with Crippen LogP contribution < -0.4 is 11.1 Å². The summed E-state index contributed by atoms with van der Waals surface area (Å²) in [6, 6.07) is 12.2. The van der Waals surface area contributed by atoms with Gasteiger partial charge in [0, 0.05) is 44.2 Å². The monoisotopic (exact) mass is 460 g/mol. The Morgan fingerprint density at radius 3 is 2.47 bits per heavy atom. The molecule has 1 aromatic carbocycles. The summed E-state index contributed by atoms with van der Waals surface area (Å²) in [6.07, 6.45) is 10.2. The van der Waals surface area contributed by atoms with E-state index in [0.29, 0.717) is 12.2 Å². The topological polar surface area (TPSA) is 105 Å². The van der Waals surface area contributed by atoms with E-state index in [4.69, 9.17) is 10.2 Å². The maximum atomic E-state index is 5.68. The normalized spacial score (nSPS) is 11.0. The second kappa shape index (κ2) is 14.3. The highest BCUT2D eigenvalue weighted by Crippen LogP contribution is 2.21. The Kier molecular flexibility index (Phi) is 11.1. The maximum Gasteiger partial charge on any atom is 0.179 e. The number of aliphatic imine (C=N–C) groups is 1. The zero-order valence-corrected chi connectivity index (χ0v) is 20.8. The molecule has 7 heteroatoms. The molecule has 4 aromatic rings. The number of allylic oxidation sites excluding steroid dienone is 1. The number of aromatic amines is 1. The van der Waals surface area contributed by atoms with Gasteiger partial charge in [-0.1, -0.05) is 52.0 Å². The van der Waals surface area contributed by atoms with E-state index < -0.39 is 0 Å². The molecule has 4 N–H and O–H groups in total. The summed E-state index contributed by atoms with van der Waals surface area (Å²) in [4.78, 5) is 16.4. The SMILES string of the molecule is CC.CC.CN=C/C(=C\N)c1ccc(CNc2ccnc3nc(CCc4ccoc4)[nH]c23)cc1. The number of rotatable bonds is 8. The Balaban J connectivity index is 0.000000970. The van der Waals surface area contributed by atoms with Gasteiger partial charge in [0.05, 0.1) is 18.2 Å². The Hall–Kier alpha value is -3.87. The zero-order valence-electron chi connectivity index (χ0n) is 20.8. The van der Waals surface area contributed by atoms with Crippen molar-refractivity contribution < 1.29 is 4.42 Å². The molecule has 0 atom stereocenters. The Morgan fingerprint density at radius 1 is 1.06 bits per heavy atom. The molecule has 0 spiro atoms. The van der Waals surface area contributed by atoms with Crippen LogP contribution in [-0.4, -0.2) is 28.2 Å². The third-order valence-corrected chi connectivity index (χ3v) is 4.89. The lowest BCUT2D eigenvalue weighted by molar-refractivity contribution is 0.563. The predicted molar refractivity (Wildman–Crippen MR) is 143 cm³/mol. The Bertz CT molecular complexity index is 1160. The fraction of sp³-hybridized carbons (Fsp3) is 0.296. The minimum absolute atomic E-state index is 0.687. The van der Waals surface area contributed by atoms with Crippen molar-refractivity contribution in [3.8, 4) is 0 Å². The van der Waals surface area contributed by atoms with Gasteiger partial charge >= 0.3 is 0 Å². The molecule has 0 saturated heterocycles. The highest BCUT2D eigenvalue weighted by Gasteiger charge is 2.09. The summed E-state index contributed by atoms with van der Waals surface area (Å²) in [5.41, 5.74) is 12.5. The van der Waals surface area contributed by atoms with Gasteiger partial charge in [-0.15, -0.1) is 0 Å². The van der Waals surface area contributed by atoms with Gasteiger partial charge in [0.1, 0.15) is 11.3 Å². The molecule has 0 aliphatic heterocycles. The molecular formula is C27H36N6O. The summed E-state index contributed by atoms with van der Waals surface area (Å²) in [7, 11) is 1.73. The fourth-order valence-electron chi connectivity index (χ4n) is 3.29. The molecule has 0 saturated carbocycles. The average Bonchev–Trinajstić information content (AvgIpc) is 3.57. The molecule has 0 aliphatic carbocycles. The van der Waals surface area contributed by atoms with Gasteiger partial charge in [-0.25, -0.2) is 9.97 Å². The first-order valence-corrected chi connectivity index (χ1v) is 11.8. The number of nitrogens with one attached hydrogen (secondary N) is 2. The Morgan fingerprint density at radius 2 is 1.82 bits per heavy atom. The summed E-state index contributed by atoms with van der Waals surface area (Å²) >= 11 is 0. The fourth-order valence-corrected chi connectivity index (χ4v) is 3.29. The number of pyridine rings is 1. The minimum atomic E-state index is 0.687. The number of imidazole rings is 1. The quantitative estimate of drug-likeness (QED) is 0.280. The maximum absolute atomic E-state index is 5.68. The second-order valence-electron chi connectivity index (χ2n) is 6.93. The number of hydrogen-bond donors (Lipinski definition) is 3. The molecule has 4 rings (SSSR count). The third kappa shape index (κ3) is 7.07. The number of nitrogens with two attached hydrogens (primary N) is 1. The second-order valence-corrected chi connectivity index (χ2v) is 6.93. The van der Waals surface area contributed by atoms with E-state index in [1.807, 2.05) is 52.0 Å². The number of fused-ring (bicyclic) bond motifs is 1. The van der Waals surface area contributed by atoms with Crippen LogP contribution in [0.1, 0.15) is 50.2 Å². The standard InChI is InChI=1S/C23H24N6O.2C2H6/c1-25-14-19(12-24)18-5-2-16(3-6-18)13-27-20-8-10-26-23-22(20)28-21(29-23)7-4-17-9-11-30-15-17;2*1-2/h2-3,5-6,8-12,14-15H,4,7,13,24H2,1H3,(H2,26,27,28,29);2*1-2H3/b19-12+,25-14?;;. The number of aryl methyl sites for hydroxylation is 2. The molecule has 0 aliphatic rings. The molecule has 0 radical (unpaired) electrons. The molecule has 180 valence electrons. The van der Waals surface area contributed by atoms with Crippen molar-refractivity contribution in [1.82, 2.24) is 15.0 Å². The van der Waals surface area contributed by atoms with Crippen molar-refractivity contribution >= 4 is 28.6 Å². The molecule has 34 heavy (non-hydrogen) atoms. The summed E-state index contributed by atoms with van der Waals surface area (Å²) in [6.45, 7) is 8.69. The largest absolute Gasteiger partial charge is 0.472 e. The number of aromatic nitrogens is 3. The van der Waals surface area contributed by atoms with Crippen LogP contribution in [0.3, 0.4) is 0 Å². The average molecular weight is 461 g/mol. The van der Waals surface area contributed by atoms with Crippen LogP contribution in [0.25, 0.3) is 16.7 Å². The van der Waals surface area contributed by atoms with Crippen molar-refractivity contribution in [3.63, 3.8) is 0 Å². The van der Waals surface area contributed by atoms with E-state index in [1.165, 1.54) is 0 Å². The van der Waals surface area contributed by atoms with Crippen molar-refractivity contribution in [2.75, 3.05) is 12.4 Å². The van der Waals surface area contributed by atoms with Crippen LogP contribution in [0.4, 0.5) is 5.69 Å². The highest BCUT2D eigenvalue weighted by molar-refractivity contribution is 6.09. The van der Waals surface area contributed by atoms with E-state index in [1.54, 1.807) is 38.2 Å². The van der Waals surface area contributed by atoms with E-state index >= 15 is 0 Å². The first-order valence-electron chi connectivity index (χ1n) is 11.8. The van der Waals surface area contributed by atoms with E-state index in [9.17, 15) is 0 Å². The first-order chi connectivity index (χ1) is 16.8. The number of hydrogen-bond acceptors (Lipinski definition) is 6. The van der Waals surface area contributed by atoms with Crippen LogP contribution in [0.2, 0.25) is 0 Å². The molecule has 0 fully saturated rings. The Labute approximate surface area is 202 Å². The molecular weight excluding hydrogens is 424 g/mol. The number of furan rings is 1. The van der Waals surface area contributed by atoms with Gasteiger partial charge in [0.2, 0.25) is 0 Å². The minimum Gasteiger partial charge on any atom is -0.472 e. The number of anilines is 1. The van der Waals surface area contributed by atoms with Gasteiger partial charge in [-0.05, 0) is 35.2 Å². The number of nitrogens with zero attached hydrogens (tertiary/aromatic N) is 3. The van der Waals surface area contributed by atoms with Crippen LogP contribution in [-0.2, 0) is 19.4 Å². The predicted octanol–water partition coefficient (Wildman–Crippen LogP) is 6.00. The van der Waals surface area contributed by atoms with Gasteiger partial charge in [-0.3, -0.25) is 4.99 Å². The number of H-pyrrole nitrogens is 1. The van der Waals surface area contributed by atoms with Crippen LogP contribution >= 0.6 is 0 Å². The van der Waals surface area contributed by atoms with Crippen LogP contribution in [0.15, 0.2) is 70.7 Å². The van der Waals surface area contributed by atoms with Crippen molar-refractivity contribution in [1.29, 1.82) is 0 Å². The van der Waals surface area contributed by atoms with Crippen molar-refractivity contribution in [2.45, 2.75) is 47.1 Å². The van der Waals surface area contributed by atoms with Gasteiger partial charge in [0.25, 0.3) is 0 Å². The summed E-state index contributed by atoms with van der Waals surface area (Å²) < 4.78 is 5.13. The molecule has 0 bridgehead atoms. The van der Waals surface area contributed by atoms with E-state index in [2.05, 4.69) is 37.4 Å². The lowest BCUT2D eigenvalue weighted by Gasteiger charge is -2.08. The van der Waals surface area contributed by atoms with Crippen molar-refractivity contribution in [2.24, 2.45) is 10.7 Å². The molecule has 3 aromatic heterocycles. The lowest BCUT2D eigenvalue weighted by atomic mass is 10.1. The lowest BCUT2D eigenvalue weighted by Crippen LogP contribution is -2.01. The van der Waals surface area contributed by atoms with Gasteiger partial charge in [-0.2, -0.15) is 0 Å². The summed E-state index contributed by atoms with van der Waals surface area (Å²) in [5, 5.41) is 3.48. The van der Waals surface area contributed by atoms with Crippen molar-refractivity contribution in [3.05, 3.63) is 83.8 Å².